The van der Waals surface area contributed by atoms with Gasteiger partial charge in [0.15, 0.2) is 5.82 Å². The molecule has 0 aliphatic carbocycles. The van der Waals surface area contributed by atoms with Crippen molar-refractivity contribution < 1.29 is 8.78 Å². The van der Waals surface area contributed by atoms with Gasteiger partial charge in [-0.3, -0.25) is 5.43 Å². The van der Waals surface area contributed by atoms with Crippen molar-refractivity contribution in [1.82, 2.24) is 0 Å². The summed E-state index contributed by atoms with van der Waals surface area (Å²) < 4.78 is 26.3. The molecule has 2 aromatic rings. The van der Waals surface area contributed by atoms with E-state index in [0.29, 0.717) is 16.3 Å². The summed E-state index contributed by atoms with van der Waals surface area (Å²) in [6, 6.07) is 6.38. The summed E-state index contributed by atoms with van der Waals surface area (Å²) in [4.78, 5) is 0. The van der Waals surface area contributed by atoms with Crippen molar-refractivity contribution in [2.45, 2.75) is 6.92 Å². The van der Waals surface area contributed by atoms with Crippen molar-refractivity contribution in [3.05, 3.63) is 62.6 Å². The highest BCUT2D eigenvalue weighted by Crippen LogP contribution is 2.33. The number of anilines is 1. The fourth-order valence-electron chi connectivity index (χ4n) is 1.59. The van der Waals surface area contributed by atoms with Crippen LogP contribution in [0.4, 0.5) is 14.5 Å². The molecule has 0 aromatic heterocycles. The van der Waals surface area contributed by atoms with E-state index < -0.39 is 11.6 Å². The first kappa shape index (κ1) is 16.0. The maximum atomic E-state index is 13.5. The zero-order chi connectivity index (χ0) is 15.6. The molecule has 2 nitrogen and oxygen atoms in total. The highest BCUT2D eigenvalue weighted by Gasteiger charge is 2.11. The molecule has 0 unspecified atom stereocenters. The predicted molar refractivity (Wildman–Crippen MR) is 83.7 cm³/mol. The van der Waals surface area contributed by atoms with Crippen LogP contribution in [-0.4, -0.2) is 5.71 Å². The molecule has 1 N–H and O–H groups in total. The predicted octanol–water partition coefficient (Wildman–Crippen LogP) is 5.76. The molecule has 21 heavy (non-hydrogen) atoms. The van der Waals surface area contributed by atoms with Gasteiger partial charge < -0.3 is 0 Å². The van der Waals surface area contributed by atoms with Gasteiger partial charge in [0.05, 0.1) is 26.5 Å². The molecule has 0 radical (unpaired) electrons. The normalized spacial score (nSPS) is 11.6. The maximum Gasteiger partial charge on any atom is 0.151 e. The van der Waals surface area contributed by atoms with Crippen LogP contribution in [0.15, 0.2) is 35.4 Å². The molecule has 0 aliphatic rings. The third kappa shape index (κ3) is 3.64. The Morgan fingerprint density at radius 1 is 1.05 bits per heavy atom. The number of nitrogens with one attached hydrogen (secondary N) is 1. The minimum atomic E-state index is -0.744. The molecule has 0 fully saturated rings. The van der Waals surface area contributed by atoms with Gasteiger partial charge in [0, 0.05) is 11.6 Å². The summed E-state index contributed by atoms with van der Waals surface area (Å²) in [5, 5.41) is 4.81. The SMILES string of the molecule is C/C(=N\Nc1ccc(F)cc1F)c1ccc(Cl)c(Cl)c1Cl. The number of nitrogens with zero attached hydrogens (tertiary/aromatic N) is 1. The third-order valence-corrected chi connectivity index (χ3v) is 3.99. The molecular weight excluding hydrogens is 341 g/mol. The summed E-state index contributed by atoms with van der Waals surface area (Å²) in [6.45, 7) is 1.67. The van der Waals surface area contributed by atoms with Crippen molar-refractivity contribution in [1.29, 1.82) is 0 Å². The number of benzene rings is 2. The monoisotopic (exact) mass is 348 g/mol. The lowest BCUT2D eigenvalue weighted by molar-refractivity contribution is 0.585. The van der Waals surface area contributed by atoms with E-state index in [0.717, 1.165) is 12.1 Å². The molecule has 7 heteroatoms. The first-order valence-corrected chi connectivity index (χ1v) is 6.92. The molecule has 0 saturated carbocycles. The third-order valence-electron chi connectivity index (χ3n) is 2.70. The van der Waals surface area contributed by atoms with Crippen LogP contribution in [0.3, 0.4) is 0 Å². The van der Waals surface area contributed by atoms with E-state index in [2.05, 4.69) is 10.5 Å². The molecule has 2 aromatic carbocycles. The largest absolute Gasteiger partial charge is 0.275 e. The average Bonchev–Trinajstić information content (AvgIpc) is 2.43. The molecule has 0 aliphatic heterocycles. The number of hydrazone groups is 1. The van der Waals surface area contributed by atoms with Crippen LogP contribution in [0.5, 0.6) is 0 Å². The molecule has 0 amide bonds. The highest BCUT2D eigenvalue weighted by atomic mass is 35.5. The van der Waals surface area contributed by atoms with E-state index in [1.54, 1.807) is 19.1 Å². The Kier molecular flexibility index (Phi) is 5.04. The second kappa shape index (κ2) is 6.60. The van der Waals surface area contributed by atoms with E-state index in [1.165, 1.54) is 6.07 Å². The Hall–Kier alpha value is -1.36. The number of halogens is 5. The molecule has 0 atom stereocenters. The van der Waals surface area contributed by atoms with Crippen molar-refractivity contribution in [2.24, 2.45) is 5.10 Å². The van der Waals surface area contributed by atoms with E-state index in [1.807, 2.05) is 0 Å². The summed E-state index contributed by atoms with van der Waals surface area (Å²) >= 11 is 17.9. The summed E-state index contributed by atoms with van der Waals surface area (Å²) in [5.74, 6) is -1.40. The zero-order valence-corrected chi connectivity index (χ0v) is 13.0. The van der Waals surface area contributed by atoms with Crippen molar-refractivity contribution in [3.63, 3.8) is 0 Å². The second-order valence-corrected chi connectivity index (χ2v) is 5.32. The van der Waals surface area contributed by atoms with Gasteiger partial charge in [-0.05, 0) is 25.1 Å². The lowest BCUT2D eigenvalue weighted by Gasteiger charge is -2.08. The Labute approximate surface area is 135 Å². The van der Waals surface area contributed by atoms with E-state index in [-0.39, 0.29) is 15.7 Å². The Bertz CT molecular complexity index is 718. The smallest absolute Gasteiger partial charge is 0.151 e. The number of hydrogen-bond acceptors (Lipinski definition) is 2. The maximum absolute atomic E-state index is 13.5. The lowest BCUT2D eigenvalue weighted by atomic mass is 10.1. The summed E-state index contributed by atoms with van der Waals surface area (Å²) in [5.41, 5.74) is 3.59. The Morgan fingerprint density at radius 2 is 1.76 bits per heavy atom. The Balaban J connectivity index is 2.28. The van der Waals surface area contributed by atoms with Crippen molar-refractivity contribution >= 4 is 46.2 Å². The van der Waals surface area contributed by atoms with Crippen LogP contribution < -0.4 is 5.43 Å². The minimum Gasteiger partial charge on any atom is -0.275 e. The van der Waals surface area contributed by atoms with Crippen LogP contribution in [0.2, 0.25) is 15.1 Å². The van der Waals surface area contributed by atoms with Crippen LogP contribution in [-0.2, 0) is 0 Å². The molecule has 0 bridgehead atoms. The van der Waals surface area contributed by atoms with Gasteiger partial charge in [0.1, 0.15) is 5.82 Å². The first-order valence-electron chi connectivity index (χ1n) is 5.79. The number of rotatable bonds is 3. The summed E-state index contributed by atoms with van der Waals surface area (Å²) in [6.07, 6.45) is 0. The lowest BCUT2D eigenvalue weighted by Crippen LogP contribution is -2.02. The van der Waals surface area contributed by atoms with E-state index >= 15 is 0 Å². The second-order valence-electron chi connectivity index (χ2n) is 4.16. The fraction of sp³-hybridized carbons (Fsp3) is 0.0714. The van der Waals surface area contributed by atoms with Gasteiger partial charge in [0.2, 0.25) is 0 Å². The topological polar surface area (TPSA) is 24.4 Å². The van der Waals surface area contributed by atoms with Crippen molar-refractivity contribution in [2.75, 3.05) is 5.43 Å². The van der Waals surface area contributed by atoms with Gasteiger partial charge in [-0.2, -0.15) is 5.10 Å². The first-order chi connectivity index (χ1) is 9.90. The van der Waals surface area contributed by atoms with Gasteiger partial charge in [0.25, 0.3) is 0 Å². The molecule has 0 spiro atoms. The van der Waals surface area contributed by atoms with Gasteiger partial charge in [-0.15, -0.1) is 0 Å². The molecule has 2 rings (SSSR count). The summed E-state index contributed by atoms with van der Waals surface area (Å²) in [7, 11) is 0. The van der Waals surface area contributed by atoms with Gasteiger partial charge >= 0.3 is 0 Å². The molecule has 0 saturated heterocycles. The molecular formula is C14H9Cl3F2N2. The Morgan fingerprint density at radius 3 is 2.43 bits per heavy atom. The van der Waals surface area contributed by atoms with E-state index in [9.17, 15) is 8.78 Å². The van der Waals surface area contributed by atoms with Crippen LogP contribution >= 0.6 is 34.8 Å². The zero-order valence-electron chi connectivity index (χ0n) is 10.7. The molecule has 0 heterocycles. The highest BCUT2D eigenvalue weighted by molar-refractivity contribution is 6.49. The number of hydrogen-bond donors (Lipinski definition) is 1. The average molecular weight is 350 g/mol. The van der Waals surface area contributed by atoms with Crippen LogP contribution in [0.1, 0.15) is 12.5 Å². The van der Waals surface area contributed by atoms with Gasteiger partial charge in [-0.1, -0.05) is 40.9 Å². The van der Waals surface area contributed by atoms with Crippen LogP contribution in [0.25, 0.3) is 0 Å². The van der Waals surface area contributed by atoms with Crippen LogP contribution in [0, 0.1) is 11.6 Å². The van der Waals surface area contributed by atoms with Crippen molar-refractivity contribution in [3.8, 4) is 0 Å². The quantitative estimate of drug-likeness (QED) is 0.425. The minimum absolute atomic E-state index is 0.0481. The molecule has 110 valence electrons. The fourth-order valence-corrected chi connectivity index (χ4v) is 2.26. The van der Waals surface area contributed by atoms with Gasteiger partial charge in [-0.25, -0.2) is 8.78 Å². The van der Waals surface area contributed by atoms with E-state index in [4.69, 9.17) is 34.8 Å². The standard InChI is InChI=1S/C14H9Cl3F2N2/c1-7(9-3-4-10(15)14(17)13(9)16)20-21-12-5-2-8(18)6-11(12)19/h2-6,21H,1H3/b20-7+.